The van der Waals surface area contributed by atoms with Gasteiger partial charge in [-0.15, -0.1) is 12.4 Å². The van der Waals surface area contributed by atoms with E-state index in [0.29, 0.717) is 6.42 Å². The van der Waals surface area contributed by atoms with Crippen LogP contribution in [-0.4, -0.2) is 5.91 Å². The zero-order valence-electron chi connectivity index (χ0n) is 11.4. The lowest BCUT2D eigenvalue weighted by Crippen LogP contribution is -2.12. The Bertz CT molecular complexity index is 377. The van der Waals surface area contributed by atoms with Crippen LogP contribution >= 0.6 is 12.4 Å². The molecule has 0 unspecified atom stereocenters. The molecule has 0 heterocycles. The molecule has 2 nitrogen and oxygen atoms in total. The highest BCUT2D eigenvalue weighted by molar-refractivity contribution is 5.85. The first-order valence-electron chi connectivity index (χ1n) is 6.57. The summed E-state index contributed by atoms with van der Waals surface area (Å²) in [5.74, 6) is -0.214. The van der Waals surface area contributed by atoms with Crippen LogP contribution in [0.4, 0.5) is 0 Å². The smallest absolute Gasteiger partial charge is 0.217 e. The number of benzene rings is 1. The van der Waals surface area contributed by atoms with Crippen LogP contribution < -0.4 is 5.73 Å². The van der Waals surface area contributed by atoms with Crippen molar-refractivity contribution in [2.45, 2.75) is 52.4 Å². The van der Waals surface area contributed by atoms with E-state index in [2.05, 4.69) is 32.0 Å². The minimum Gasteiger partial charge on any atom is -0.370 e. The minimum atomic E-state index is -0.214. The highest BCUT2D eigenvalue weighted by Crippen LogP contribution is 2.20. The fourth-order valence-electron chi connectivity index (χ4n) is 2.25. The molecule has 0 aliphatic heterocycles. The fraction of sp³-hybridized carbons (Fsp3) is 0.533. The maximum absolute atomic E-state index is 10.9. The van der Waals surface area contributed by atoms with Crippen LogP contribution in [0.3, 0.4) is 0 Å². The highest BCUT2D eigenvalue weighted by Gasteiger charge is 2.08. The third-order valence-electron chi connectivity index (χ3n) is 3.03. The average molecular weight is 270 g/mol. The minimum absolute atomic E-state index is 0. The third-order valence-corrected chi connectivity index (χ3v) is 3.03. The molecule has 1 aromatic rings. The Morgan fingerprint density at radius 3 is 2.11 bits per heavy atom. The number of hydrogen-bond donors (Lipinski definition) is 1. The van der Waals surface area contributed by atoms with E-state index in [4.69, 9.17) is 5.73 Å². The molecular weight excluding hydrogens is 246 g/mol. The Morgan fingerprint density at radius 1 is 1.06 bits per heavy atom. The first-order chi connectivity index (χ1) is 8.19. The van der Waals surface area contributed by atoms with Crippen molar-refractivity contribution in [3.8, 4) is 0 Å². The van der Waals surface area contributed by atoms with Crippen LogP contribution in [0.25, 0.3) is 0 Å². The molecule has 1 amide bonds. The van der Waals surface area contributed by atoms with E-state index in [0.717, 1.165) is 32.1 Å². The van der Waals surface area contributed by atoms with Crippen molar-refractivity contribution in [1.82, 2.24) is 0 Å². The molecular formula is C15H24ClNO. The molecule has 0 saturated carbocycles. The van der Waals surface area contributed by atoms with Gasteiger partial charge in [0.15, 0.2) is 0 Å². The summed E-state index contributed by atoms with van der Waals surface area (Å²) >= 11 is 0. The lowest BCUT2D eigenvalue weighted by atomic mass is 9.92. The number of rotatable bonds is 7. The Labute approximate surface area is 116 Å². The second-order valence-corrected chi connectivity index (χ2v) is 4.52. The zero-order chi connectivity index (χ0) is 12.7. The van der Waals surface area contributed by atoms with Crippen molar-refractivity contribution in [1.29, 1.82) is 0 Å². The van der Waals surface area contributed by atoms with Crippen molar-refractivity contribution < 1.29 is 4.79 Å². The molecule has 2 N–H and O–H groups in total. The van der Waals surface area contributed by atoms with Gasteiger partial charge >= 0.3 is 0 Å². The Kier molecular flexibility index (Phi) is 8.47. The average Bonchev–Trinajstić information content (AvgIpc) is 2.30. The van der Waals surface area contributed by atoms with Crippen molar-refractivity contribution >= 4 is 18.3 Å². The second kappa shape index (κ2) is 8.98. The highest BCUT2D eigenvalue weighted by atomic mass is 35.5. The number of nitrogens with two attached hydrogens (primary N) is 1. The van der Waals surface area contributed by atoms with Crippen LogP contribution in [0.1, 0.15) is 49.8 Å². The summed E-state index contributed by atoms with van der Waals surface area (Å²) in [4.78, 5) is 10.9. The molecule has 1 rings (SSSR count). The summed E-state index contributed by atoms with van der Waals surface area (Å²) < 4.78 is 0. The van der Waals surface area contributed by atoms with Gasteiger partial charge in [0.1, 0.15) is 0 Å². The van der Waals surface area contributed by atoms with Gasteiger partial charge in [0.25, 0.3) is 0 Å². The van der Waals surface area contributed by atoms with Crippen molar-refractivity contribution in [2.75, 3.05) is 0 Å². The normalized spacial score (nSPS) is 9.89. The van der Waals surface area contributed by atoms with Crippen LogP contribution in [0, 0.1) is 0 Å². The zero-order valence-corrected chi connectivity index (χ0v) is 12.2. The Morgan fingerprint density at radius 2 is 1.61 bits per heavy atom. The van der Waals surface area contributed by atoms with Gasteiger partial charge in [0.2, 0.25) is 5.91 Å². The molecule has 18 heavy (non-hydrogen) atoms. The van der Waals surface area contributed by atoms with Gasteiger partial charge in [-0.2, -0.15) is 0 Å². The van der Waals surface area contributed by atoms with Gasteiger partial charge in [0.05, 0.1) is 0 Å². The summed E-state index contributed by atoms with van der Waals surface area (Å²) in [5, 5.41) is 0. The number of hydrogen-bond acceptors (Lipinski definition) is 1. The maximum Gasteiger partial charge on any atom is 0.217 e. The van der Waals surface area contributed by atoms with E-state index in [1.54, 1.807) is 0 Å². The molecule has 0 radical (unpaired) electrons. The summed E-state index contributed by atoms with van der Waals surface area (Å²) in [5.41, 5.74) is 9.41. The molecule has 0 spiro atoms. The van der Waals surface area contributed by atoms with Crippen LogP contribution in [0.15, 0.2) is 18.2 Å². The van der Waals surface area contributed by atoms with Crippen molar-refractivity contribution in [3.05, 3.63) is 34.9 Å². The molecule has 1 aromatic carbocycles. The van der Waals surface area contributed by atoms with E-state index < -0.39 is 0 Å². The Balaban J connectivity index is 0.00000289. The predicted molar refractivity (Wildman–Crippen MR) is 79.2 cm³/mol. The van der Waals surface area contributed by atoms with E-state index >= 15 is 0 Å². The van der Waals surface area contributed by atoms with Crippen molar-refractivity contribution in [3.63, 3.8) is 0 Å². The molecule has 0 bridgehead atoms. The van der Waals surface area contributed by atoms with E-state index in [1.807, 2.05) is 0 Å². The summed E-state index contributed by atoms with van der Waals surface area (Å²) in [6.45, 7) is 4.40. The largest absolute Gasteiger partial charge is 0.370 e. The van der Waals surface area contributed by atoms with Crippen molar-refractivity contribution in [2.24, 2.45) is 5.73 Å². The first-order valence-corrected chi connectivity index (χ1v) is 6.57. The van der Waals surface area contributed by atoms with Gasteiger partial charge in [-0.25, -0.2) is 0 Å². The van der Waals surface area contributed by atoms with E-state index in [9.17, 15) is 4.79 Å². The predicted octanol–water partition coefficient (Wildman–Crippen LogP) is 3.43. The van der Waals surface area contributed by atoms with Crippen LogP contribution in [-0.2, 0) is 24.1 Å². The summed E-state index contributed by atoms with van der Waals surface area (Å²) in [7, 11) is 0. The summed E-state index contributed by atoms with van der Waals surface area (Å²) in [6.07, 6.45) is 5.76. The SMILES string of the molecule is CCCc1cccc(CCC(N)=O)c1CCC.Cl. The molecule has 0 aromatic heterocycles. The Hall–Kier alpha value is -1.02. The summed E-state index contributed by atoms with van der Waals surface area (Å²) in [6, 6.07) is 6.44. The lowest BCUT2D eigenvalue weighted by Gasteiger charge is -2.13. The fourth-order valence-corrected chi connectivity index (χ4v) is 2.25. The van der Waals surface area contributed by atoms with Gasteiger partial charge in [0, 0.05) is 6.42 Å². The quantitative estimate of drug-likeness (QED) is 0.810. The first kappa shape index (κ1) is 17.0. The van der Waals surface area contributed by atoms with Gasteiger partial charge in [-0.1, -0.05) is 44.9 Å². The molecule has 102 valence electrons. The number of halogens is 1. The number of amides is 1. The number of carbonyl (C=O) groups is 1. The van der Waals surface area contributed by atoms with E-state index in [1.165, 1.54) is 16.7 Å². The lowest BCUT2D eigenvalue weighted by molar-refractivity contribution is -0.117. The molecule has 3 heteroatoms. The molecule has 0 aliphatic carbocycles. The van der Waals surface area contributed by atoms with E-state index in [-0.39, 0.29) is 18.3 Å². The number of carbonyl (C=O) groups excluding carboxylic acids is 1. The number of primary amides is 1. The van der Waals surface area contributed by atoms with Gasteiger partial charge < -0.3 is 5.73 Å². The second-order valence-electron chi connectivity index (χ2n) is 4.52. The third kappa shape index (κ3) is 5.09. The van der Waals surface area contributed by atoms with Gasteiger partial charge in [-0.05, 0) is 36.0 Å². The molecule has 0 saturated heterocycles. The monoisotopic (exact) mass is 269 g/mol. The molecule has 0 fully saturated rings. The maximum atomic E-state index is 10.9. The standard InChI is InChI=1S/C15H23NO.ClH/c1-3-6-12-8-5-9-13(10-11-15(16)17)14(12)7-4-2;/h5,8-9H,3-4,6-7,10-11H2,1-2H3,(H2,16,17);1H. The topological polar surface area (TPSA) is 43.1 Å². The van der Waals surface area contributed by atoms with Crippen LogP contribution in [0.5, 0.6) is 0 Å². The molecule has 0 atom stereocenters. The van der Waals surface area contributed by atoms with Crippen LogP contribution in [0.2, 0.25) is 0 Å². The molecule has 0 aliphatic rings. The van der Waals surface area contributed by atoms with Gasteiger partial charge in [-0.3, -0.25) is 4.79 Å². The number of aryl methyl sites for hydroxylation is 2.